The molecule has 138 valence electrons. The van der Waals surface area contributed by atoms with Crippen LogP contribution in [0.4, 0.5) is 5.69 Å². The van der Waals surface area contributed by atoms with E-state index in [4.69, 9.17) is 10.2 Å². The molecule has 1 aromatic heterocycles. The van der Waals surface area contributed by atoms with Gasteiger partial charge in [0.2, 0.25) is 5.09 Å². The van der Waals surface area contributed by atoms with E-state index in [2.05, 4.69) is 5.32 Å². The van der Waals surface area contributed by atoms with Gasteiger partial charge in [0.15, 0.2) is 0 Å². The van der Waals surface area contributed by atoms with Crippen LogP contribution in [0.25, 0.3) is 0 Å². The summed E-state index contributed by atoms with van der Waals surface area (Å²) in [5, 5.41) is 2.52. The van der Waals surface area contributed by atoms with Gasteiger partial charge in [0.1, 0.15) is 5.76 Å². The van der Waals surface area contributed by atoms with Crippen LogP contribution in [-0.4, -0.2) is 39.3 Å². The highest BCUT2D eigenvalue weighted by atomic mass is 35.5. The van der Waals surface area contributed by atoms with E-state index in [0.717, 1.165) is 9.87 Å². The molecule has 3 N–H and O–H groups in total. The zero-order valence-electron chi connectivity index (χ0n) is 14.3. The fourth-order valence-corrected chi connectivity index (χ4v) is 2.94. The fourth-order valence-electron chi connectivity index (χ4n) is 2.09. The number of hydrogen-bond acceptors (Lipinski definition) is 5. The second-order valence-electron chi connectivity index (χ2n) is 5.57. The van der Waals surface area contributed by atoms with Gasteiger partial charge in [-0.25, -0.2) is 12.7 Å². The minimum Gasteiger partial charge on any atom is -0.448 e. The lowest BCUT2D eigenvalue weighted by Crippen LogP contribution is -2.26. The molecule has 0 aliphatic heterocycles. The Kier molecular flexibility index (Phi) is 7.04. The first kappa shape index (κ1) is 21.0. The minimum absolute atomic E-state index is 0. The van der Waals surface area contributed by atoms with Crippen molar-refractivity contribution in [3.8, 4) is 0 Å². The number of rotatable bonds is 6. The van der Waals surface area contributed by atoms with Gasteiger partial charge in [-0.1, -0.05) is 12.1 Å². The van der Waals surface area contributed by atoms with Crippen LogP contribution in [0.1, 0.15) is 21.7 Å². The van der Waals surface area contributed by atoms with E-state index in [1.165, 1.54) is 20.2 Å². The first-order valence-electron chi connectivity index (χ1n) is 7.37. The Morgan fingerprint density at radius 3 is 2.40 bits per heavy atom. The second kappa shape index (κ2) is 8.37. The lowest BCUT2D eigenvalue weighted by atomic mass is 10.1. The van der Waals surface area contributed by atoms with Gasteiger partial charge < -0.3 is 15.5 Å². The van der Waals surface area contributed by atoms with Crippen molar-refractivity contribution < 1.29 is 17.6 Å². The molecule has 0 aliphatic rings. The number of amides is 1. The minimum atomic E-state index is -3.70. The van der Waals surface area contributed by atoms with E-state index >= 15 is 0 Å². The fraction of sp³-hybridized carbons (Fsp3) is 0.312. The van der Waals surface area contributed by atoms with Gasteiger partial charge in [0.05, 0.1) is 5.56 Å². The zero-order chi connectivity index (χ0) is 17.9. The van der Waals surface area contributed by atoms with Crippen molar-refractivity contribution in [2.75, 3.05) is 26.4 Å². The Morgan fingerprint density at radius 2 is 1.84 bits per heavy atom. The third-order valence-corrected chi connectivity index (χ3v) is 5.22. The topological polar surface area (TPSA) is 106 Å². The predicted octanol–water partition coefficient (Wildman–Crippen LogP) is 1.81. The Labute approximate surface area is 153 Å². The highest BCUT2D eigenvalue weighted by Crippen LogP contribution is 2.21. The van der Waals surface area contributed by atoms with Crippen molar-refractivity contribution in [2.24, 2.45) is 0 Å². The Hall–Kier alpha value is -2.03. The maximum absolute atomic E-state index is 12.2. The van der Waals surface area contributed by atoms with E-state index in [-0.39, 0.29) is 34.7 Å². The molecule has 0 fully saturated rings. The lowest BCUT2D eigenvalue weighted by Gasteiger charge is -2.07. The zero-order valence-corrected chi connectivity index (χ0v) is 15.9. The lowest BCUT2D eigenvalue weighted by molar-refractivity contribution is 0.0952. The molecule has 2 aromatic rings. The Bertz CT molecular complexity index is 830. The summed E-state index contributed by atoms with van der Waals surface area (Å²) in [5.41, 5.74) is 7.57. The van der Waals surface area contributed by atoms with Gasteiger partial charge in [-0.3, -0.25) is 4.79 Å². The highest BCUT2D eigenvalue weighted by molar-refractivity contribution is 7.88. The molecule has 1 aromatic carbocycles. The van der Waals surface area contributed by atoms with Crippen LogP contribution < -0.4 is 11.1 Å². The Morgan fingerprint density at radius 1 is 1.24 bits per heavy atom. The van der Waals surface area contributed by atoms with Crippen molar-refractivity contribution in [3.63, 3.8) is 0 Å². The van der Waals surface area contributed by atoms with E-state index in [1.54, 1.807) is 19.1 Å². The van der Waals surface area contributed by atoms with E-state index < -0.39 is 10.0 Å². The summed E-state index contributed by atoms with van der Waals surface area (Å²) in [7, 11) is -0.900. The van der Waals surface area contributed by atoms with E-state index in [9.17, 15) is 13.2 Å². The van der Waals surface area contributed by atoms with Gasteiger partial charge >= 0.3 is 0 Å². The number of furan rings is 1. The molecule has 0 unspecified atom stereocenters. The maximum Gasteiger partial charge on any atom is 0.275 e. The van der Waals surface area contributed by atoms with Gasteiger partial charge in [-0.05, 0) is 31.0 Å². The van der Waals surface area contributed by atoms with Gasteiger partial charge in [0.25, 0.3) is 15.9 Å². The molecular formula is C16H22ClN3O4S. The Balaban J connectivity index is 0.00000312. The number of nitrogens with two attached hydrogens (primary N) is 1. The second-order valence-corrected chi connectivity index (χ2v) is 7.65. The van der Waals surface area contributed by atoms with Crippen LogP contribution in [-0.2, 0) is 16.4 Å². The molecule has 0 aliphatic carbocycles. The molecule has 25 heavy (non-hydrogen) atoms. The molecule has 1 amide bonds. The molecule has 0 bridgehead atoms. The van der Waals surface area contributed by atoms with Crippen LogP contribution in [0.15, 0.2) is 39.8 Å². The first-order valence-corrected chi connectivity index (χ1v) is 8.81. The third-order valence-electron chi connectivity index (χ3n) is 3.55. The number of hydrogen-bond donors (Lipinski definition) is 2. The monoisotopic (exact) mass is 387 g/mol. The molecule has 9 heteroatoms. The SMILES string of the molecule is Cc1oc(S(=O)(=O)N(C)C)cc1C(=O)NCCc1ccc(N)cc1.Cl. The number of nitrogen functional groups attached to an aromatic ring is 1. The summed E-state index contributed by atoms with van der Waals surface area (Å²) >= 11 is 0. The number of carbonyl (C=O) groups is 1. The molecule has 0 spiro atoms. The highest BCUT2D eigenvalue weighted by Gasteiger charge is 2.25. The van der Waals surface area contributed by atoms with Gasteiger partial charge in [-0.2, -0.15) is 0 Å². The number of nitrogens with one attached hydrogen (secondary N) is 1. The van der Waals surface area contributed by atoms with Gasteiger partial charge in [-0.15, -0.1) is 12.4 Å². The molecule has 2 rings (SSSR count). The summed E-state index contributed by atoms with van der Waals surface area (Å²) < 4.78 is 30.3. The standard InChI is InChI=1S/C16H21N3O4S.ClH/c1-11-14(10-15(23-11)24(21,22)19(2)3)16(20)18-9-8-12-4-6-13(17)7-5-12;/h4-7,10H,8-9,17H2,1-3H3,(H,18,20);1H. The average Bonchev–Trinajstić information content (AvgIpc) is 2.91. The van der Waals surface area contributed by atoms with E-state index in [1.807, 2.05) is 12.1 Å². The smallest absolute Gasteiger partial charge is 0.275 e. The summed E-state index contributed by atoms with van der Waals surface area (Å²) in [6.07, 6.45) is 0.645. The molecule has 0 saturated heterocycles. The van der Waals surface area contributed by atoms with Crippen molar-refractivity contribution in [1.29, 1.82) is 0 Å². The number of carbonyl (C=O) groups excluding carboxylic acids is 1. The van der Waals surface area contributed by atoms with Crippen LogP contribution in [0.3, 0.4) is 0 Å². The van der Waals surface area contributed by atoms with Crippen LogP contribution in [0.5, 0.6) is 0 Å². The summed E-state index contributed by atoms with van der Waals surface area (Å²) in [6, 6.07) is 8.65. The number of benzene rings is 1. The largest absolute Gasteiger partial charge is 0.448 e. The average molecular weight is 388 g/mol. The maximum atomic E-state index is 12.2. The summed E-state index contributed by atoms with van der Waals surface area (Å²) in [4.78, 5) is 12.2. The number of anilines is 1. The predicted molar refractivity (Wildman–Crippen MR) is 98.5 cm³/mol. The van der Waals surface area contributed by atoms with Crippen LogP contribution >= 0.6 is 12.4 Å². The summed E-state index contributed by atoms with van der Waals surface area (Å²) in [6.45, 7) is 1.98. The molecule has 1 heterocycles. The number of halogens is 1. The van der Waals surface area contributed by atoms with Crippen LogP contribution in [0.2, 0.25) is 0 Å². The quantitative estimate of drug-likeness (QED) is 0.735. The summed E-state index contributed by atoms with van der Waals surface area (Å²) in [5.74, 6) is -0.104. The van der Waals surface area contributed by atoms with Crippen molar-refractivity contribution in [2.45, 2.75) is 18.4 Å². The van der Waals surface area contributed by atoms with Gasteiger partial charge in [0, 0.05) is 32.4 Å². The number of sulfonamides is 1. The van der Waals surface area contributed by atoms with Crippen molar-refractivity contribution in [1.82, 2.24) is 9.62 Å². The molecule has 0 saturated carbocycles. The molecule has 7 nitrogen and oxygen atoms in total. The van der Waals surface area contributed by atoms with Crippen molar-refractivity contribution in [3.05, 3.63) is 47.2 Å². The normalized spacial score (nSPS) is 11.2. The molecule has 0 atom stereocenters. The first-order chi connectivity index (χ1) is 11.2. The third kappa shape index (κ3) is 4.97. The molecule has 0 radical (unpaired) electrons. The van der Waals surface area contributed by atoms with Crippen LogP contribution in [0, 0.1) is 6.92 Å². The number of nitrogens with zero attached hydrogens (tertiary/aromatic N) is 1. The van der Waals surface area contributed by atoms with Crippen molar-refractivity contribution >= 4 is 34.0 Å². The molecular weight excluding hydrogens is 366 g/mol. The van der Waals surface area contributed by atoms with E-state index in [0.29, 0.717) is 18.7 Å². The number of aryl methyl sites for hydroxylation is 1.